The van der Waals surface area contributed by atoms with Gasteiger partial charge in [-0.3, -0.25) is 4.68 Å². The lowest BCUT2D eigenvalue weighted by Crippen LogP contribution is -1.99. The molecule has 0 aliphatic rings. The number of rotatable bonds is 4. The van der Waals surface area contributed by atoms with Crippen molar-refractivity contribution in [1.82, 2.24) is 14.8 Å². The molecule has 2 aromatic heterocycles. The Morgan fingerprint density at radius 3 is 2.56 bits per heavy atom. The Balaban J connectivity index is 2.56. The average Bonchev–Trinajstić information content (AvgIpc) is 2.78. The third kappa shape index (κ3) is 2.03. The second-order valence-electron chi connectivity index (χ2n) is 3.89. The standard InChI is InChI=1S/C13H17N3O2/c1-5-11-10(8-14-16(11)2)9-6-7-12(17-3)15-13(9)18-4/h6-8H,5H2,1-4H3. The molecule has 0 radical (unpaired) electrons. The van der Waals surface area contributed by atoms with Gasteiger partial charge in [-0.25, -0.2) is 0 Å². The SMILES string of the molecule is CCc1c(-c2ccc(OC)nc2OC)cnn1C. The maximum Gasteiger partial charge on any atom is 0.224 e. The van der Waals surface area contributed by atoms with Crippen LogP contribution in [0.15, 0.2) is 18.3 Å². The zero-order valence-corrected chi connectivity index (χ0v) is 11.1. The van der Waals surface area contributed by atoms with Crippen LogP contribution in [0.5, 0.6) is 11.8 Å². The first-order valence-electron chi connectivity index (χ1n) is 5.81. The van der Waals surface area contributed by atoms with Crippen molar-refractivity contribution in [2.24, 2.45) is 7.05 Å². The van der Waals surface area contributed by atoms with Crippen molar-refractivity contribution in [3.63, 3.8) is 0 Å². The number of pyridine rings is 1. The molecule has 18 heavy (non-hydrogen) atoms. The van der Waals surface area contributed by atoms with Gasteiger partial charge in [0.25, 0.3) is 0 Å². The van der Waals surface area contributed by atoms with E-state index in [4.69, 9.17) is 9.47 Å². The highest BCUT2D eigenvalue weighted by atomic mass is 16.5. The first-order chi connectivity index (χ1) is 8.71. The fourth-order valence-corrected chi connectivity index (χ4v) is 2.00. The summed E-state index contributed by atoms with van der Waals surface area (Å²) < 4.78 is 12.3. The van der Waals surface area contributed by atoms with E-state index in [1.54, 1.807) is 14.2 Å². The zero-order valence-electron chi connectivity index (χ0n) is 11.1. The molecule has 0 unspecified atom stereocenters. The number of methoxy groups -OCH3 is 2. The van der Waals surface area contributed by atoms with Crippen LogP contribution in [0.1, 0.15) is 12.6 Å². The molecule has 5 nitrogen and oxygen atoms in total. The summed E-state index contributed by atoms with van der Waals surface area (Å²) in [6.07, 6.45) is 2.74. The van der Waals surface area contributed by atoms with Gasteiger partial charge in [0.1, 0.15) is 0 Å². The summed E-state index contributed by atoms with van der Waals surface area (Å²) in [4.78, 5) is 4.29. The quantitative estimate of drug-likeness (QED) is 0.829. The predicted octanol–water partition coefficient (Wildman–Crippen LogP) is 2.06. The van der Waals surface area contributed by atoms with Crippen molar-refractivity contribution in [2.45, 2.75) is 13.3 Å². The van der Waals surface area contributed by atoms with Gasteiger partial charge < -0.3 is 9.47 Å². The second kappa shape index (κ2) is 5.08. The summed E-state index contributed by atoms with van der Waals surface area (Å²) in [6, 6.07) is 3.77. The van der Waals surface area contributed by atoms with E-state index in [0.29, 0.717) is 11.8 Å². The molecule has 96 valence electrons. The molecule has 0 amide bonds. The molecule has 0 atom stereocenters. The minimum Gasteiger partial charge on any atom is -0.481 e. The van der Waals surface area contributed by atoms with E-state index in [0.717, 1.165) is 23.2 Å². The van der Waals surface area contributed by atoms with Crippen molar-refractivity contribution in [2.75, 3.05) is 14.2 Å². The maximum atomic E-state index is 5.32. The van der Waals surface area contributed by atoms with E-state index >= 15 is 0 Å². The summed E-state index contributed by atoms with van der Waals surface area (Å²) in [5, 5.41) is 4.28. The lowest BCUT2D eigenvalue weighted by atomic mass is 10.1. The van der Waals surface area contributed by atoms with Gasteiger partial charge in [-0.2, -0.15) is 10.1 Å². The van der Waals surface area contributed by atoms with Gasteiger partial charge in [-0.05, 0) is 12.5 Å². The molecular formula is C13H17N3O2. The van der Waals surface area contributed by atoms with Crippen molar-refractivity contribution in [3.8, 4) is 22.9 Å². The normalized spacial score (nSPS) is 10.4. The zero-order chi connectivity index (χ0) is 13.1. The fourth-order valence-electron chi connectivity index (χ4n) is 2.00. The highest BCUT2D eigenvalue weighted by Gasteiger charge is 2.15. The fraction of sp³-hybridized carbons (Fsp3) is 0.385. The monoisotopic (exact) mass is 247 g/mol. The third-order valence-electron chi connectivity index (χ3n) is 2.92. The van der Waals surface area contributed by atoms with Crippen molar-refractivity contribution >= 4 is 0 Å². The van der Waals surface area contributed by atoms with Gasteiger partial charge >= 0.3 is 0 Å². The van der Waals surface area contributed by atoms with E-state index in [-0.39, 0.29) is 0 Å². The summed E-state index contributed by atoms with van der Waals surface area (Å²) in [6.45, 7) is 2.10. The number of hydrogen-bond acceptors (Lipinski definition) is 4. The third-order valence-corrected chi connectivity index (χ3v) is 2.92. The van der Waals surface area contributed by atoms with Crippen LogP contribution in [0, 0.1) is 0 Å². The maximum absolute atomic E-state index is 5.32. The first-order valence-corrected chi connectivity index (χ1v) is 5.81. The van der Waals surface area contributed by atoms with Crippen LogP contribution in [-0.4, -0.2) is 29.0 Å². The van der Waals surface area contributed by atoms with Crippen LogP contribution in [0.2, 0.25) is 0 Å². The summed E-state index contributed by atoms with van der Waals surface area (Å²) >= 11 is 0. The topological polar surface area (TPSA) is 49.2 Å². The lowest BCUT2D eigenvalue weighted by molar-refractivity contribution is 0.366. The van der Waals surface area contributed by atoms with Crippen LogP contribution in [0.3, 0.4) is 0 Å². The van der Waals surface area contributed by atoms with Gasteiger partial charge in [-0.15, -0.1) is 0 Å². The molecule has 0 fully saturated rings. The minimum absolute atomic E-state index is 0.539. The highest BCUT2D eigenvalue weighted by molar-refractivity contribution is 5.70. The number of hydrogen-bond donors (Lipinski definition) is 0. The average molecular weight is 247 g/mol. The van der Waals surface area contributed by atoms with E-state index in [1.165, 1.54) is 0 Å². The van der Waals surface area contributed by atoms with Crippen molar-refractivity contribution < 1.29 is 9.47 Å². The van der Waals surface area contributed by atoms with E-state index in [2.05, 4.69) is 17.0 Å². The smallest absolute Gasteiger partial charge is 0.224 e. The predicted molar refractivity (Wildman–Crippen MR) is 68.9 cm³/mol. The Kier molecular flexibility index (Phi) is 3.50. The number of nitrogens with zero attached hydrogens (tertiary/aromatic N) is 3. The Bertz CT molecular complexity index is 549. The van der Waals surface area contributed by atoms with Crippen LogP contribution >= 0.6 is 0 Å². The molecule has 0 N–H and O–H groups in total. The van der Waals surface area contributed by atoms with Gasteiger partial charge in [0.2, 0.25) is 11.8 Å². The van der Waals surface area contributed by atoms with Crippen LogP contribution in [0.4, 0.5) is 0 Å². The van der Waals surface area contributed by atoms with Gasteiger partial charge in [0.15, 0.2) is 0 Å². The number of ether oxygens (including phenoxy) is 2. The van der Waals surface area contributed by atoms with Crippen LogP contribution in [0.25, 0.3) is 11.1 Å². The summed E-state index contributed by atoms with van der Waals surface area (Å²) in [5.74, 6) is 1.09. The molecule has 2 aromatic rings. The molecule has 0 aliphatic heterocycles. The molecule has 0 aromatic carbocycles. The molecule has 0 bridgehead atoms. The van der Waals surface area contributed by atoms with E-state index < -0.39 is 0 Å². The van der Waals surface area contributed by atoms with E-state index in [1.807, 2.05) is 30.1 Å². The largest absolute Gasteiger partial charge is 0.481 e. The van der Waals surface area contributed by atoms with Gasteiger partial charge in [0, 0.05) is 29.9 Å². The highest BCUT2D eigenvalue weighted by Crippen LogP contribution is 2.32. The van der Waals surface area contributed by atoms with Crippen LogP contribution < -0.4 is 9.47 Å². The molecule has 5 heteroatoms. The first kappa shape index (κ1) is 12.4. The Morgan fingerprint density at radius 1 is 1.17 bits per heavy atom. The van der Waals surface area contributed by atoms with Crippen molar-refractivity contribution in [1.29, 1.82) is 0 Å². The Hall–Kier alpha value is -2.04. The van der Waals surface area contributed by atoms with Gasteiger partial charge in [0.05, 0.1) is 20.4 Å². The minimum atomic E-state index is 0.539. The molecule has 0 aliphatic carbocycles. The molecule has 0 saturated heterocycles. The number of aromatic nitrogens is 3. The molecule has 0 saturated carbocycles. The molecule has 2 rings (SSSR count). The Morgan fingerprint density at radius 2 is 1.94 bits per heavy atom. The molecule has 2 heterocycles. The van der Waals surface area contributed by atoms with Gasteiger partial charge in [-0.1, -0.05) is 6.92 Å². The summed E-state index contributed by atoms with van der Waals surface area (Å²) in [7, 11) is 5.13. The summed E-state index contributed by atoms with van der Waals surface area (Å²) in [5.41, 5.74) is 3.13. The molecular weight excluding hydrogens is 230 g/mol. The van der Waals surface area contributed by atoms with E-state index in [9.17, 15) is 0 Å². The number of aryl methyl sites for hydroxylation is 1. The lowest BCUT2D eigenvalue weighted by Gasteiger charge is -2.09. The Labute approximate surface area is 106 Å². The van der Waals surface area contributed by atoms with Crippen molar-refractivity contribution in [3.05, 3.63) is 24.0 Å². The second-order valence-corrected chi connectivity index (χ2v) is 3.89. The van der Waals surface area contributed by atoms with Crippen LogP contribution in [-0.2, 0) is 13.5 Å². The molecule has 0 spiro atoms.